The Kier molecular flexibility index (Phi) is 3.42. The van der Waals surface area contributed by atoms with Crippen LogP contribution in [0.1, 0.15) is 24.5 Å². The molecule has 1 aromatic heterocycles. The van der Waals surface area contributed by atoms with E-state index in [1.807, 2.05) is 47.0 Å². The van der Waals surface area contributed by atoms with Crippen LogP contribution in [-0.2, 0) is 13.0 Å². The number of hydrogen-bond acceptors (Lipinski definition) is 1. The quantitative estimate of drug-likeness (QED) is 0.772. The summed E-state index contributed by atoms with van der Waals surface area (Å²) in [5.74, 6) is 0. The van der Waals surface area contributed by atoms with E-state index in [4.69, 9.17) is 0 Å². The van der Waals surface area contributed by atoms with E-state index in [1.165, 1.54) is 5.56 Å². The molecule has 1 N–H and O–H groups in total. The van der Waals surface area contributed by atoms with Crippen molar-refractivity contribution < 1.29 is 0 Å². The highest BCUT2D eigenvalue weighted by Crippen LogP contribution is 2.17. The molecule has 0 radical (unpaired) electrons. The van der Waals surface area contributed by atoms with Crippen LogP contribution in [0.25, 0.3) is 11.0 Å². The van der Waals surface area contributed by atoms with Crippen molar-refractivity contribution in [3.8, 4) is 0 Å². The van der Waals surface area contributed by atoms with Crippen molar-refractivity contribution in [3.05, 3.63) is 70.1 Å². The Morgan fingerprint density at radius 1 is 1.05 bits per heavy atom. The Morgan fingerprint density at radius 3 is 2.60 bits per heavy atom. The van der Waals surface area contributed by atoms with Gasteiger partial charge < -0.3 is 4.98 Å². The Bertz CT molecular complexity index is 769. The molecule has 3 heteroatoms. The van der Waals surface area contributed by atoms with Crippen molar-refractivity contribution in [3.63, 3.8) is 0 Å². The molecule has 20 heavy (non-hydrogen) atoms. The monoisotopic (exact) mass is 266 g/mol. The molecule has 2 aromatic carbocycles. The van der Waals surface area contributed by atoms with E-state index in [0.29, 0.717) is 6.54 Å². The maximum atomic E-state index is 12.2. The van der Waals surface area contributed by atoms with Gasteiger partial charge in [-0.2, -0.15) is 0 Å². The highest BCUT2D eigenvalue weighted by Gasteiger charge is 2.09. The van der Waals surface area contributed by atoms with Crippen molar-refractivity contribution in [2.24, 2.45) is 0 Å². The van der Waals surface area contributed by atoms with Crippen LogP contribution in [0, 0.1) is 0 Å². The molecule has 0 spiro atoms. The van der Waals surface area contributed by atoms with Gasteiger partial charge in [0.05, 0.1) is 17.6 Å². The number of benzene rings is 2. The van der Waals surface area contributed by atoms with Crippen LogP contribution in [0.5, 0.6) is 0 Å². The fourth-order valence-corrected chi connectivity index (χ4v) is 2.64. The molecule has 0 saturated carbocycles. The molecule has 0 unspecified atom stereocenters. The SMILES string of the molecule is CCCc1cccc2c1[nH]c(=O)n2Cc1ccccc1. The zero-order chi connectivity index (χ0) is 13.9. The summed E-state index contributed by atoms with van der Waals surface area (Å²) in [6.07, 6.45) is 2.06. The van der Waals surface area contributed by atoms with Gasteiger partial charge in [-0.05, 0) is 23.6 Å². The molecular formula is C17H18N2O. The second kappa shape index (κ2) is 5.37. The van der Waals surface area contributed by atoms with Gasteiger partial charge >= 0.3 is 5.69 Å². The largest absolute Gasteiger partial charge is 0.326 e. The van der Waals surface area contributed by atoms with Gasteiger partial charge in [0.2, 0.25) is 0 Å². The lowest BCUT2D eigenvalue weighted by molar-refractivity contribution is 0.787. The molecule has 3 rings (SSSR count). The first kappa shape index (κ1) is 12.7. The van der Waals surface area contributed by atoms with Crippen LogP contribution < -0.4 is 5.69 Å². The fourth-order valence-electron chi connectivity index (χ4n) is 2.64. The molecule has 3 nitrogen and oxygen atoms in total. The predicted molar refractivity (Wildman–Crippen MR) is 82.1 cm³/mol. The molecular weight excluding hydrogens is 248 g/mol. The molecule has 0 atom stereocenters. The number of fused-ring (bicyclic) bond motifs is 1. The Labute approximate surface area is 117 Å². The number of para-hydroxylation sites is 1. The minimum absolute atomic E-state index is 0.0348. The minimum atomic E-state index is -0.0348. The first-order chi connectivity index (χ1) is 9.79. The van der Waals surface area contributed by atoms with E-state index in [2.05, 4.69) is 18.0 Å². The summed E-state index contributed by atoms with van der Waals surface area (Å²) in [6, 6.07) is 16.2. The number of rotatable bonds is 4. The van der Waals surface area contributed by atoms with Crippen molar-refractivity contribution in [2.75, 3.05) is 0 Å². The van der Waals surface area contributed by atoms with Gasteiger partial charge in [0, 0.05) is 0 Å². The smallest absolute Gasteiger partial charge is 0.305 e. The standard InChI is InChI=1S/C17H18N2O/c1-2-7-14-10-6-11-15-16(14)18-17(20)19(15)12-13-8-4-3-5-9-13/h3-6,8-11H,2,7,12H2,1H3,(H,18,20). The van der Waals surface area contributed by atoms with E-state index in [-0.39, 0.29) is 5.69 Å². The zero-order valence-corrected chi connectivity index (χ0v) is 11.6. The first-order valence-electron chi connectivity index (χ1n) is 7.04. The van der Waals surface area contributed by atoms with Gasteiger partial charge in [-0.15, -0.1) is 0 Å². The molecule has 0 saturated heterocycles. The number of aryl methyl sites for hydroxylation is 1. The number of hydrogen-bond donors (Lipinski definition) is 1. The van der Waals surface area contributed by atoms with Gasteiger partial charge in [0.25, 0.3) is 0 Å². The first-order valence-corrected chi connectivity index (χ1v) is 7.04. The third-order valence-corrected chi connectivity index (χ3v) is 3.60. The molecule has 0 amide bonds. The van der Waals surface area contributed by atoms with E-state index in [1.54, 1.807) is 0 Å². The van der Waals surface area contributed by atoms with Crippen LogP contribution in [0.4, 0.5) is 0 Å². The summed E-state index contributed by atoms with van der Waals surface area (Å²) in [7, 11) is 0. The number of imidazole rings is 1. The van der Waals surface area contributed by atoms with Crippen LogP contribution in [0.2, 0.25) is 0 Å². The topological polar surface area (TPSA) is 37.8 Å². The number of aromatic nitrogens is 2. The lowest BCUT2D eigenvalue weighted by Crippen LogP contribution is -2.17. The second-order valence-electron chi connectivity index (χ2n) is 5.06. The Balaban J connectivity index is 2.10. The van der Waals surface area contributed by atoms with E-state index in [0.717, 1.165) is 29.4 Å². The van der Waals surface area contributed by atoms with Crippen LogP contribution in [-0.4, -0.2) is 9.55 Å². The maximum absolute atomic E-state index is 12.2. The van der Waals surface area contributed by atoms with Crippen LogP contribution >= 0.6 is 0 Å². The molecule has 3 aromatic rings. The van der Waals surface area contributed by atoms with Gasteiger partial charge in [0.1, 0.15) is 0 Å². The summed E-state index contributed by atoms with van der Waals surface area (Å²) >= 11 is 0. The Morgan fingerprint density at radius 2 is 1.85 bits per heavy atom. The number of nitrogens with zero attached hydrogens (tertiary/aromatic N) is 1. The lowest BCUT2D eigenvalue weighted by atomic mass is 10.1. The molecule has 102 valence electrons. The summed E-state index contributed by atoms with van der Waals surface area (Å²) in [5.41, 5.74) is 4.29. The Hall–Kier alpha value is -2.29. The number of H-pyrrole nitrogens is 1. The van der Waals surface area contributed by atoms with Gasteiger partial charge in [-0.1, -0.05) is 55.8 Å². The third-order valence-electron chi connectivity index (χ3n) is 3.60. The minimum Gasteiger partial charge on any atom is -0.305 e. The van der Waals surface area contributed by atoms with E-state index in [9.17, 15) is 4.79 Å². The normalized spacial score (nSPS) is 11.1. The number of nitrogens with one attached hydrogen (secondary N) is 1. The van der Waals surface area contributed by atoms with Crippen LogP contribution in [0.15, 0.2) is 53.3 Å². The highest BCUT2D eigenvalue weighted by molar-refractivity contribution is 5.79. The fraction of sp³-hybridized carbons (Fsp3) is 0.235. The third kappa shape index (κ3) is 2.27. The summed E-state index contributed by atoms with van der Waals surface area (Å²) < 4.78 is 1.81. The van der Waals surface area contributed by atoms with Crippen LogP contribution in [0.3, 0.4) is 0 Å². The van der Waals surface area contributed by atoms with Crippen molar-refractivity contribution >= 4 is 11.0 Å². The van der Waals surface area contributed by atoms with Crippen molar-refractivity contribution in [1.29, 1.82) is 0 Å². The maximum Gasteiger partial charge on any atom is 0.326 e. The molecule has 0 aliphatic rings. The molecule has 0 fully saturated rings. The van der Waals surface area contributed by atoms with E-state index >= 15 is 0 Å². The zero-order valence-electron chi connectivity index (χ0n) is 11.6. The second-order valence-corrected chi connectivity index (χ2v) is 5.06. The molecule has 0 aliphatic heterocycles. The summed E-state index contributed by atoms with van der Waals surface area (Å²) in [5, 5.41) is 0. The van der Waals surface area contributed by atoms with Gasteiger partial charge in [0.15, 0.2) is 0 Å². The van der Waals surface area contributed by atoms with Crippen molar-refractivity contribution in [1.82, 2.24) is 9.55 Å². The lowest BCUT2D eigenvalue weighted by Gasteiger charge is -2.05. The molecule has 1 heterocycles. The molecule has 0 aliphatic carbocycles. The summed E-state index contributed by atoms with van der Waals surface area (Å²) in [4.78, 5) is 15.2. The van der Waals surface area contributed by atoms with Crippen molar-refractivity contribution in [2.45, 2.75) is 26.3 Å². The average molecular weight is 266 g/mol. The number of aromatic amines is 1. The molecule has 0 bridgehead atoms. The predicted octanol–water partition coefficient (Wildman–Crippen LogP) is 3.33. The highest BCUT2D eigenvalue weighted by atomic mass is 16.1. The van der Waals surface area contributed by atoms with Gasteiger partial charge in [-0.25, -0.2) is 4.79 Å². The van der Waals surface area contributed by atoms with Gasteiger partial charge in [-0.3, -0.25) is 4.57 Å². The average Bonchev–Trinajstić information content (AvgIpc) is 2.78. The van der Waals surface area contributed by atoms with E-state index < -0.39 is 0 Å². The summed E-state index contributed by atoms with van der Waals surface area (Å²) in [6.45, 7) is 2.76.